The molecule has 1 amide bonds. The van der Waals surface area contributed by atoms with Gasteiger partial charge in [-0.3, -0.25) is 9.59 Å². The number of nitrogens with zero attached hydrogens (tertiary/aromatic N) is 1. The average molecular weight is 428 g/mol. The third-order valence-electron chi connectivity index (χ3n) is 5.15. The highest BCUT2D eigenvalue weighted by Gasteiger charge is 2.22. The molecule has 2 heterocycles. The maximum atomic E-state index is 13.3. The zero-order chi connectivity index (χ0) is 21.3. The van der Waals surface area contributed by atoms with E-state index < -0.39 is 0 Å². The summed E-state index contributed by atoms with van der Waals surface area (Å²) >= 11 is 6.22. The average Bonchev–Trinajstić information content (AvgIpc) is 2.75. The molecule has 0 spiro atoms. The highest BCUT2D eigenvalue weighted by Crippen LogP contribution is 2.33. The smallest absolute Gasteiger partial charge is 0.260 e. The van der Waals surface area contributed by atoms with Crippen LogP contribution in [0.25, 0.3) is 22.3 Å². The van der Waals surface area contributed by atoms with Crippen LogP contribution in [0.5, 0.6) is 5.75 Å². The molecule has 0 saturated carbocycles. The van der Waals surface area contributed by atoms with Crippen LogP contribution in [0.4, 0.5) is 0 Å². The van der Waals surface area contributed by atoms with Crippen molar-refractivity contribution in [1.82, 2.24) is 4.90 Å². The van der Waals surface area contributed by atoms with Crippen LogP contribution < -0.4 is 10.2 Å². The van der Waals surface area contributed by atoms with Crippen molar-refractivity contribution < 1.29 is 18.7 Å². The van der Waals surface area contributed by atoms with Crippen molar-refractivity contribution in [2.45, 2.75) is 13.8 Å². The van der Waals surface area contributed by atoms with Gasteiger partial charge < -0.3 is 18.8 Å². The largest absolute Gasteiger partial charge is 0.476 e. The van der Waals surface area contributed by atoms with Gasteiger partial charge in [0.2, 0.25) is 11.2 Å². The van der Waals surface area contributed by atoms with Crippen LogP contribution in [0.1, 0.15) is 11.1 Å². The number of fused-ring (bicyclic) bond motifs is 1. The summed E-state index contributed by atoms with van der Waals surface area (Å²) in [6.07, 6.45) is 0. The minimum atomic E-state index is -0.358. The molecule has 156 valence electrons. The van der Waals surface area contributed by atoms with Crippen LogP contribution in [0.15, 0.2) is 45.6 Å². The molecule has 30 heavy (non-hydrogen) atoms. The van der Waals surface area contributed by atoms with Crippen LogP contribution in [0.3, 0.4) is 0 Å². The molecule has 3 aromatic rings. The first-order valence-electron chi connectivity index (χ1n) is 9.76. The Balaban J connectivity index is 1.76. The molecule has 1 saturated heterocycles. The second-order valence-corrected chi connectivity index (χ2v) is 7.74. The topological polar surface area (TPSA) is 69.0 Å². The molecule has 0 bridgehead atoms. The van der Waals surface area contributed by atoms with Gasteiger partial charge >= 0.3 is 0 Å². The predicted molar refractivity (Wildman–Crippen MR) is 115 cm³/mol. The summed E-state index contributed by atoms with van der Waals surface area (Å²) in [7, 11) is 0. The van der Waals surface area contributed by atoms with E-state index in [1.54, 1.807) is 17.0 Å². The van der Waals surface area contributed by atoms with Crippen molar-refractivity contribution in [3.05, 3.63) is 62.8 Å². The van der Waals surface area contributed by atoms with Crippen molar-refractivity contribution in [2.24, 2.45) is 0 Å². The number of rotatable bonds is 4. The van der Waals surface area contributed by atoms with E-state index in [1.807, 2.05) is 38.1 Å². The number of hydrogen-bond donors (Lipinski definition) is 0. The first-order valence-corrected chi connectivity index (χ1v) is 10.1. The summed E-state index contributed by atoms with van der Waals surface area (Å²) in [4.78, 5) is 27.4. The summed E-state index contributed by atoms with van der Waals surface area (Å²) < 4.78 is 17.1. The number of amides is 1. The molecule has 1 fully saturated rings. The van der Waals surface area contributed by atoms with Crippen LogP contribution >= 0.6 is 11.6 Å². The Morgan fingerprint density at radius 2 is 1.83 bits per heavy atom. The van der Waals surface area contributed by atoms with Crippen molar-refractivity contribution in [3.8, 4) is 17.1 Å². The number of aryl methyl sites for hydroxylation is 2. The minimum Gasteiger partial charge on any atom is -0.476 e. The molecule has 0 N–H and O–H groups in total. The maximum absolute atomic E-state index is 13.3. The summed E-state index contributed by atoms with van der Waals surface area (Å²) in [6, 6.07) is 10.9. The fourth-order valence-electron chi connectivity index (χ4n) is 3.36. The summed E-state index contributed by atoms with van der Waals surface area (Å²) in [5.41, 5.74) is 2.64. The molecule has 0 aliphatic carbocycles. The molecule has 1 aliphatic rings. The van der Waals surface area contributed by atoms with Gasteiger partial charge in [-0.05, 0) is 31.5 Å². The van der Waals surface area contributed by atoms with Gasteiger partial charge in [0.25, 0.3) is 5.91 Å². The highest BCUT2D eigenvalue weighted by atomic mass is 35.5. The predicted octanol–water partition coefficient (Wildman–Crippen LogP) is 3.97. The van der Waals surface area contributed by atoms with E-state index in [1.165, 1.54) is 0 Å². The standard InChI is InChI=1S/C23H22ClNO5/c1-14-3-5-16(6-4-14)22-23(29-13-20(26)25-7-9-28-10-8-25)21(27)17-12-18(24)15(2)11-19(17)30-22/h3-6,11-12H,7-10,13H2,1-2H3. The van der Waals surface area contributed by atoms with E-state index in [0.717, 1.165) is 11.1 Å². The van der Waals surface area contributed by atoms with Crippen LogP contribution in [0.2, 0.25) is 5.02 Å². The molecule has 1 aromatic heterocycles. The Morgan fingerprint density at radius 1 is 1.13 bits per heavy atom. The lowest BCUT2D eigenvalue weighted by molar-refractivity contribution is -0.137. The van der Waals surface area contributed by atoms with Crippen LogP contribution in [-0.4, -0.2) is 43.7 Å². The Bertz CT molecular complexity index is 1150. The van der Waals surface area contributed by atoms with Gasteiger partial charge in [-0.15, -0.1) is 0 Å². The summed E-state index contributed by atoms with van der Waals surface area (Å²) in [5.74, 6) is 0.103. The van der Waals surface area contributed by atoms with Gasteiger partial charge in [0.15, 0.2) is 12.4 Å². The Hall–Kier alpha value is -2.83. The van der Waals surface area contributed by atoms with Gasteiger partial charge in [-0.2, -0.15) is 0 Å². The van der Waals surface area contributed by atoms with E-state index in [2.05, 4.69) is 0 Å². The van der Waals surface area contributed by atoms with E-state index >= 15 is 0 Å². The lowest BCUT2D eigenvalue weighted by Gasteiger charge is -2.26. The zero-order valence-corrected chi connectivity index (χ0v) is 17.6. The lowest BCUT2D eigenvalue weighted by Crippen LogP contribution is -2.43. The van der Waals surface area contributed by atoms with E-state index in [9.17, 15) is 9.59 Å². The number of benzene rings is 2. The Kier molecular flexibility index (Phi) is 5.79. The molecule has 1 aliphatic heterocycles. The van der Waals surface area contributed by atoms with E-state index in [0.29, 0.717) is 53.6 Å². The fraction of sp³-hybridized carbons (Fsp3) is 0.304. The third-order valence-corrected chi connectivity index (χ3v) is 5.55. The number of morpholine rings is 1. The molecule has 0 radical (unpaired) electrons. The van der Waals surface area contributed by atoms with Gasteiger partial charge in [-0.25, -0.2) is 0 Å². The number of carbonyl (C=O) groups excluding carboxylic acids is 1. The summed E-state index contributed by atoms with van der Waals surface area (Å²) in [6.45, 7) is 5.58. The molecular weight excluding hydrogens is 406 g/mol. The lowest BCUT2D eigenvalue weighted by atomic mass is 10.1. The molecule has 0 unspecified atom stereocenters. The summed E-state index contributed by atoms with van der Waals surface area (Å²) in [5, 5.41) is 0.781. The van der Waals surface area contributed by atoms with Gasteiger partial charge in [-0.1, -0.05) is 41.4 Å². The van der Waals surface area contributed by atoms with Gasteiger partial charge in [0, 0.05) is 23.7 Å². The normalized spacial score (nSPS) is 14.2. The number of halogens is 1. The first-order chi connectivity index (χ1) is 14.4. The molecular formula is C23H22ClNO5. The molecule has 6 nitrogen and oxygen atoms in total. The highest BCUT2D eigenvalue weighted by molar-refractivity contribution is 6.32. The number of ether oxygens (including phenoxy) is 2. The molecule has 0 atom stereocenters. The van der Waals surface area contributed by atoms with Crippen LogP contribution in [0, 0.1) is 13.8 Å². The van der Waals surface area contributed by atoms with Crippen molar-refractivity contribution in [1.29, 1.82) is 0 Å². The first kappa shape index (κ1) is 20.4. The minimum absolute atomic E-state index is 0.00730. The maximum Gasteiger partial charge on any atom is 0.260 e. The number of carbonyl (C=O) groups is 1. The second-order valence-electron chi connectivity index (χ2n) is 7.33. The monoisotopic (exact) mass is 427 g/mol. The van der Waals surface area contributed by atoms with E-state index in [-0.39, 0.29) is 23.7 Å². The zero-order valence-electron chi connectivity index (χ0n) is 16.9. The Morgan fingerprint density at radius 3 is 2.53 bits per heavy atom. The quantitative estimate of drug-likeness (QED) is 0.630. The van der Waals surface area contributed by atoms with Crippen LogP contribution in [-0.2, 0) is 9.53 Å². The third kappa shape index (κ3) is 4.06. The molecule has 2 aromatic carbocycles. The second kappa shape index (κ2) is 8.50. The van der Waals surface area contributed by atoms with Crippen molar-refractivity contribution in [2.75, 3.05) is 32.9 Å². The van der Waals surface area contributed by atoms with Gasteiger partial charge in [0.1, 0.15) is 5.58 Å². The molecule has 4 rings (SSSR count). The van der Waals surface area contributed by atoms with Gasteiger partial charge in [0.05, 0.1) is 18.6 Å². The number of hydrogen-bond acceptors (Lipinski definition) is 5. The SMILES string of the molecule is Cc1ccc(-c2oc3cc(C)c(Cl)cc3c(=O)c2OCC(=O)N2CCOCC2)cc1. The Labute approximate surface area is 179 Å². The molecule has 7 heteroatoms. The van der Waals surface area contributed by atoms with Crippen molar-refractivity contribution >= 4 is 28.5 Å². The van der Waals surface area contributed by atoms with E-state index in [4.69, 9.17) is 25.5 Å². The fourth-order valence-corrected chi connectivity index (χ4v) is 3.53. The van der Waals surface area contributed by atoms with Crippen molar-refractivity contribution in [3.63, 3.8) is 0 Å².